The second kappa shape index (κ2) is 3.16. The van der Waals surface area contributed by atoms with Gasteiger partial charge in [0, 0.05) is 11.5 Å². The molecule has 2 N–H and O–H groups in total. The molecule has 2 aromatic rings. The van der Waals surface area contributed by atoms with Crippen LogP contribution in [0.15, 0.2) is 22.1 Å². The summed E-state index contributed by atoms with van der Waals surface area (Å²) in [4.78, 5) is 1.12. The number of rotatable bonds is 1. The molecular formula is C8H8BrN3S. The summed E-state index contributed by atoms with van der Waals surface area (Å²) in [5.41, 5.74) is 7.49. The topological polar surface area (TPSA) is 43.8 Å². The van der Waals surface area contributed by atoms with Gasteiger partial charge < -0.3 is 5.73 Å². The van der Waals surface area contributed by atoms with E-state index in [-0.39, 0.29) is 0 Å². The molecule has 13 heavy (non-hydrogen) atoms. The van der Waals surface area contributed by atoms with Crippen LogP contribution >= 0.6 is 27.3 Å². The lowest BCUT2D eigenvalue weighted by Gasteiger charge is -2.00. The number of aryl methyl sites for hydroxylation is 1. The maximum Gasteiger partial charge on any atom is 0.102 e. The van der Waals surface area contributed by atoms with E-state index in [1.54, 1.807) is 22.2 Å². The normalized spacial score (nSPS) is 10.6. The van der Waals surface area contributed by atoms with E-state index in [0.717, 1.165) is 15.0 Å². The Hall–Kier alpha value is -0.810. The predicted molar refractivity (Wildman–Crippen MR) is 58.6 cm³/mol. The Labute approximate surface area is 88.3 Å². The summed E-state index contributed by atoms with van der Waals surface area (Å²) in [6.07, 6.45) is 1.67. The fourth-order valence-electron chi connectivity index (χ4n) is 1.20. The maximum atomic E-state index is 5.80. The van der Waals surface area contributed by atoms with Crippen LogP contribution < -0.4 is 5.73 Å². The molecule has 0 radical (unpaired) electrons. The molecule has 3 nitrogen and oxygen atoms in total. The van der Waals surface area contributed by atoms with E-state index in [1.165, 1.54) is 0 Å². The van der Waals surface area contributed by atoms with Gasteiger partial charge in [0.2, 0.25) is 0 Å². The summed E-state index contributed by atoms with van der Waals surface area (Å²) in [5.74, 6) is 0. The smallest absolute Gasteiger partial charge is 0.102 e. The fourth-order valence-corrected chi connectivity index (χ4v) is 2.85. The Morgan fingerprint density at radius 3 is 2.85 bits per heavy atom. The molecule has 2 aromatic heterocycles. The lowest BCUT2D eigenvalue weighted by molar-refractivity contribution is 0.777. The van der Waals surface area contributed by atoms with Gasteiger partial charge in [-0.25, -0.2) is 0 Å². The Kier molecular flexibility index (Phi) is 2.13. The predicted octanol–water partition coefficient (Wildman–Crippen LogP) is 2.49. The molecule has 0 aliphatic heterocycles. The van der Waals surface area contributed by atoms with E-state index >= 15 is 0 Å². The first-order chi connectivity index (χ1) is 6.20. The third-order valence-corrected chi connectivity index (χ3v) is 3.64. The van der Waals surface area contributed by atoms with Crippen LogP contribution in [0.25, 0.3) is 10.6 Å². The van der Waals surface area contributed by atoms with Gasteiger partial charge in [-0.05, 0) is 27.4 Å². The second-order valence-corrected chi connectivity index (χ2v) is 4.44. The highest BCUT2D eigenvalue weighted by Crippen LogP contribution is 2.35. The zero-order valence-electron chi connectivity index (χ0n) is 6.99. The van der Waals surface area contributed by atoms with Crippen molar-refractivity contribution < 1.29 is 0 Å². The van der Waals surface area contributed by atoms with Crippen molar-refractivity contribution in [2.24, 2.45) is 7.05 Å². The lowest BCUT2D eigenvalue weighted by atomic mass is 10.3. The number of nitrogen functional groups attached to an aromatic ring is 1. The summed E-state index contributed by atoms with van der Waals surface area (Å²) in [5, 5.41) is 6.11. The molecule has 0 aromatic carbocycles. The van der Waals surface area contributed by atoms with Crippen molar-refractivity contribution in [1.29, 1.82) is 0 Å². The van der Waals surface area contributed by atoms with Crippen molar-refractivity contribution in [3.63, 3.8) is 0 Å². The number of aromatic nitrogens is 2. The minimum atomic E-state index is 0.714. The second-order valence-electron chi connectivity index (χ2n) is 2.67. The van der Waals surface area contributed by atoms with Gasteiger partial charge in [-0.2, -0.15) is 5.10 Å². The van der Waals surface area contributed by atoms with Crippen molar-refractivity contribution in [2.75, 3.05) is 5.73 Å². The zero-order chi connectivity index (χ0) is 9.42. The van der Waals surface area contributed by atoms with E-state index < -0.39 is 0 Å². The number of hydrogen-bond acceptors (Lipinski definition) is 3. The van der Waals surface area contributed by atoms with Crippen LogP contribution in [0.2, 0.25) is 0 Å². The first kappa shape index (κ1) is 8.77. The average molecular weight is 258 g/mol. The van der Waals surface area contributed by atoms with Crippen LogP contribution in [-0.2, 0) is 7.05 Å². The monoisotopic (exact) mass is 257 g/mol. The summed E-state index contributed by atoms with van der Waals surface area (Å²) < 4.78 is 2.85. The minimum Gasteiger partial charge on any atom is -0.396 e. The molecule has 0 amide bonds. The third kappa shape index (κ3) is 1.38. The van der Waals surface area contributed by atoms with Crippen molar-refractivity contribution in [2.45, 2.75) is 0 Å². The molecule has 0 saturated heterocycles. The number of hydrogen-bond donors (Lipinski definition) is 1. The van der Waals surface area contributed by atoms with E-state index in [1.807, 2.05) is 18.5 Å². The first-order valence-corrected chi connectivity index (χ1v) is 5.38. The largest absolute Gasteiger partial charge is 0.396 e. The fraction of sp³-hybridized carbons (Fsp3) is 0.125. The Morgan fingerprint density at radius 2 is 2.38 bits per heavy atom. The Morgan fingerprint density at radius 1 is 1.62 bits per heavy atom. The number of nitrogens with zero attached hydrogens (tertiary/aromatic N) is 2. The Bertz CT molecular complexity index is 413. The molecule has 0 aliphatic rings. The average Bonchev–Trinajstić information content (AvgIpc) is 2.60. The summed E-state index contributed by atoms with van der Waals surface area (Å²) >= 11 is 5.12. The highest BCUT2D eigenvalue weighted by atomic mass is 79.9. The zero-order valence-corrected chi connectivity index (χ0v) is 9.39. The van der Waals surface area contributed by atoms with E-state index in [4.69, 9.17) is 5.73 Å². The number of halogens is 1. The summed E-state index contributed by atoms with van der Waals surface area (Å²) in [7, 11) is 1.89. The first-order valence-electron chi connectivity index (χ1n) is 3.71. The SMILES string of the molecule is Cn1ncc(N)c1-c1sccc1Br. The maximum absolute atomic E-state index is 5.80. The molecule has 0 spiro atoms. The minimum absolute atomic E-state index is 0.714. The van der Waals surface area contributed by atoms with Gasteiger partial charge >= 0.3 is 0 Å². The molecular weight excluding hydrogens is 250 g/mol. The number of nitrogens with two attached hydrogens (primary N) is 1. The standard InChI is InChI=1S/C8H8BrN3S/c1-12-7(6(10)4-11-12)8-5(9)2-3-13-8/h2-4H,10H2,1H3. The molecule has 0 unspecified atom stereocenters. The quantitative estimate of drug-likeness (QED) is 0.854. The molecule has 2 rings (SSSR count). The molecule has 0 saturated carbocycles. The van der Waals surface area contributed by atoms with Crippen LogP contribution in [0.5, 0.6) is 0 Å². The van der Waals surface area contributed by atoms with E-state index in [9.17, 15) is 0 Å². The summed E-state index contributed by atoms with van der Waals surface area (Å²) in [6.45, 7) is 0. The molecule has 68 valence electrons. The van der Waals surface area contributed by atoms with Gasteiger partial charge in [-0.1, -0.05) is 0 Å². The third-order valence-electron chi connectivity index (χ3n) is 1.80. The van der Waals surface area contributed by atoms with Crippen molar-refractivity contribution >= 4 is 33.0 Å². The molecule has 0 atom stereocenters. The van der Waals surface area contributed by atoms with E-state index in [2.05, 4.69) is 21.0 Å². The van der Waals surface area contributed by atoms with Crippen LogP contribution in [0, 0.1) is 0 Å². The highest BCUT2D eigenvalue weighted by Gasteiger charge is 2.12. The van der Waals surface area contributed by atoms with E-state index in [0.29, 0.717) is 5.69 Å². The lowest BCUT2D eigenvalue weighted by Crippen LogP contribution is -1.94. The van der Waals surface area contributed by atoms with Crippen molar-refractivity contribution in [3.05, 3.63) is 22.1 Å². The van der Waals surface area contributed by atoms with Crippen LogP contribution in [-0.4, -0.2) is 9.78 Å². The summed E-state index contributed by atoms with van der Waals surface area (Å²) in [6, 6.07) is 2.01. The number of anilines is 1. The van der Waals surface area contributed by atoms with Crippen LogP contribution in [0.4, 0.5) is 5.69 Å². The Balaban J connectivity index is 2.64. The van der Waals surface area contributed by atoms with Gasteiger partial charge in [-0.15, -0.1) is 11.3 Å². The molecule has 2 heterocycles. The van der Waals surface area contributed by atoms with Crippen LogP contribution in [0.1, 0.15) is 0 Å². The van der Waals surface area contributed by atoms with Gasteiger partial charge in [-0.3, -0.25) is 4.68 Å². The van der Waals surface area contributed by atoms with Crippen molar-refractivity contribution in [1.82, 2.24) is 9.78 Å². The van der Waals surface area contributed by atoms with Gasteiger partial charge in [0.25, 0.3) is 0 Å². The van der Waals surface area contributed by atoms with Gasteiger partial charge in [0.15, 0.2) is 0 Å². The van der Waals surface area contributed by atoms with Gasteiger partial charge in [0.05, 0.1) is 16.8 Å². The van der Waals surface area contributed by atoms with Crippen LogP contribution in [0.3, 0.4) is 0 Å². The molecule has 0 fully saturated rings. The number of thiophene rings is 1. The molecule has 0 aliphatic carbocycles. The molecule has 0 bridgehead atoms. The van der Waals surface area contributed by atoms with Gasteiger partial charge in [0.1, 0.15) is 5.69 Å². The highest BCUT2D eigenvalue weighted by molar-refractivity contribution is 9.10. The molecule has 5 heteroatoms. The van der Waals surface area contributed by atoms with Crippen molar-refractivity contribution in [3.8, 4) is 10.6 Å².